The molecule has 0 radical (unpaired) electrons. The molecule has 0 aliphatic carbocycles. The van der Waals surface area contributed by atoms with Crippen LogP contribution in [0.1, 0.15) is 11.8 Å². The van der Waals surface area contributed by atoms with Crippen molar-refractivity contribution in [2.75, 3.05) is 12.8 Å². The fraction of sp³-hybridized carbons (Fsp3) is 0.235. The summed E-state index contributed by atoms with van der Waals surface area (Å²) >= 11 is 8.08. The quantitative estimate of drug-likeness (QED) is 0.697. The topological polar surface area (TPSA) is 74.5 Å². The van der Waals surface area contributed by atoms with Crippen LogP contribution < -0.4 is 5.73 Å². The summed E-state index contributed by atoms with van der Waals surface area (Å²) in [7, 11) is 0.458. The first-order chi connectivity index (χ1) is 11.9. The number of aromatic amines is 1. The Kier molecular flexibility index (Phi) is 3.90. The van der Waals surface area contributed by atoms with Crippen LogP contribution in [0.4, 0.5) is 0 Å². The molecule has 4 rings (SSSR count). The number of nitrogens with one attached hydrogen (secondary N) is 1. The molecule has 1 aromatic carbocycles. The van der Waals surface area contributed by atoms with E-state index in [2.05, 4.69) is 22.1 Å². The van der Waals surface area contributed by atoms with E-state index in [0.717, 1.165) is 26.4 Å². The number of rotatable bonds is 2. The molecule has 3 N–H and O–H groups in total. The molecule has 0 amide bonds. The van der Waals surface area contributed by atoms with Gasteiger partial charge in [-0.2, -0.15) is 0 Å². The van der Waals surface area contributed by atoms with E-state index >= 15 is 0 Å². The number of halogens is 1. The second kappa shape index (κ2) is 5.86. The molecule has 130 valence electrons. The molecule has 2 unspecified atom stereocenters. The molecule has 0 fully saturated rings. The third-order valence-corrected chi connectivity index (χ3v) is 7.80. The zero-order chi connectivity index (χ0) is 17.8. The molecule has 1 aliphatic rings. The fourth-order valence-corrected chi connectivity index (χ4v) is 5.82. The minimum atomic E-state index is -1.22. The van der Waals surface area contributed by atoms with Crippen molar-refractivity contribution in [1.29, 1.82) is 0 Å². The molecular formula is C17H17ClN4OS2. The molecule has 0 bridgehead atoms. The Bertz CT molecular complexity index is 992. The number of H-pyrrole nitrogens is 1. The van der Waals surface area contributed by atoms with Gasteiger partial charge in [-0.3, -0.25) is 4.31 Å². The van der Waals surface area contributed by atoms with Crippen LogP contribution >= 0.6 is 22.9 Å². The third-order valence-electron chi connectivity index (χ3n) is 4.37. The van der Waals surface area contributed by atoms with Crippen LogP contribution in [0.25, 0.3) is 21.5 Å². The van der Waals surface area contributed by atoms with Crippen molar-refractivity contribution in [3.63, 3.8) is 0 Å². The van der Waals surface area contributed by atoms with Crippen LogP contribution in [-0.4, -0.2) is 32.3 Å². The molecule has 0 saturated carbocycles. The summed E-state index contributed by atoms with van der Waals surface area (Å²) < 4.78 is 13.8. The number of para-hydroxylation sites is 1. The summed E-state index contributed by atoms with van der Waals surface area (Å²) in [4.78, 5) is 9.89. The number of nitrogens with two attached hydrogens (primary N) is 1. The van der Waals surface area contributed by atoms with Gasteiger partial charge in [0.05, 0.1) is 26.2 Å². The van der Waals surface area contributed by atoms with E-state index in [4.69, 9.17) is 17.3 Å². The van der Waals surface area contributed by atoms with E-state index in [1.165, 1.54) is 4.31 Å². The van der Waals surface area contributed by atoms with Crippen molar-refractivity contribution in [3.8, 4) is 10.6 Å². The first-order valence-electron chi connectivity index (χ1n) is 7.73. The molecule has 8 heteroatoms. The summed E-state index contributed by atoms with van der Waals surface area (Å²) in [5, 5.41) is 1.77. The molecule has 3 aromatic rings. The number of hydrogen-bond acceptors (Lipinski definition) is 4. The summed E-state index contributed by atoms with van der Waals surface area (Å²) in [6.45, 7) is 1.93. The summed E-state index contributed by atoms with van der Waals surface area (Å²) in [5.41, 5.74) is 7.34. The Morgan fingerprint density at radius 3 is 2.88 bits per heavy atom. The molecule has 25 heavy (non-hydrogen) atoms. The Morgan fingerprint density at radius 1 is 1.40 bits per heavy atom. The molecule has 1 aliphatic heterocycles. The van der Waals surface area contributed by atoms with E-state index in [9.17, 15) is 4.21 Å². The highest BCUT2D eigenvalue weighted by molar-refractivity contribution is 7.83. The maximum Gasteiger partial charge on any atom is 0.204 e. The van der Waals surface area contributed by atoms with Crippen molar-refractivity contribution >= 4 is 50.8 Å². The van der Waals surface area contributed by atoms with Gasteiger partial charge in [0.2, 0.25) is 5.96 Å². The van der Waals surface area contributed by atoms with Gasteiger partial charge in [-0.05, 0) is 25.1 Å². The van der Waals surface area contributed by atoms with Gasteiger partial charge in [-0.25, -0.2) is 9.20 Å². The molecule has 3 heterocycles. The zero-order valence-electron chi connectivity index (χ0n) is 13.7. The number of aliphatic imine (C=N–C) groups is 1. The molecule has 2 atom stereocenters. The van der Waals surface area contributed by atoms with Gasteiger partial charge in [-0.15, -0.1) is 11.3 Å². The lowest BCUT2D eigenvalue weighted by molar-refractivity contribution is 0.524. The van der Waals surface area contributed by atoms with Crippen LogP contribution in [-0.2, 0) is 16.5 Å². The normalized spacial score (nSPS) is 23.9. The number of hydrogen-bond donors (Lipinski definition) is 2. The van der Waals surface area contributed by atoms with Crippen LogP contribution in [0.2, 0.25) is 5.02 Å². The smallest absolute Gasteiger partial charge is 0.204 e. The van der Waals surface area contributed by atoms with Crippen LogP contribution in [0, 0.1) is 0 Å². The fourth-order valence-electron chi connectivity index (χ4n) is 2.99. The number of nitrogens with zero attached hydrogens (tertiary/aromatic N) is 2. The Balaban J connectivity index is 1.79. The first-order valence-corrected chi connectivity index (χ1v) is 10.2. The molecule has 0 spiro atoms. The van der Waals surface area contributed by atoms with Gasteiger partial charge in [-0.1, -0.05) is 29.8 Å². The maximum atomic E-state index is 12.3. The first kappa shape index (κ1) is 16.6. The van der Waals surface area contributed by atoms with E-state index in [1.54, 1.807) is 18.4 Å². The van der Waals surface area contributed by atoms with Crippen LogP contribution in [0.15, 0.2) is 41.4 Å². The highest BCUT2D eigenvalue weighted by atomic mass is 35.5. The highest BCUT2D eigenvalue weighted by Gasteiger charge is 2.38. The highest BCUT2D eigenvalue weighted by Crippen LogP contribution is 2.43. The average Bonchev–Trinajstić information content (AvgIpc) is 3.16. The number of guanidine groups is 1. The number of fused-ring (bicyclic) bond motifs is 1. The predicted molar refractivity (Wildman–Crippen MR) is 106 cm³/mol. The van der Waals surface area contributed by atoms with Crippen LogP contribution in [0.5, 0.6) is 0 Å². The van der Waals surface area contributed by atoms with Gasteiger partial charge >= 0.3 is 0 Å². The lowest BCUT2D eigenvalue weighted by Gasteiger charge is -2.33. The molecule has 5 nitrogen and oxygen atoms in total. The Labute approximate surface area is 157 Å². The Hall–Kier alpha value is -1.83. The minimum absolute atomic E-state index is 0.267. The average molecular weight is 393 g/mol. The predicted octanol–water partition coefficient (Wildman–Crippen LogP) is 3.69. The lowest BCUT2D eigenvalue weighted by Crippen LogP contribution is -2.47. The van der Waals surface area contributed by atoms with Gasteiger partial charge in [0.1, 0.15) is 16.5 Å². The van der Waals surface area contributed by atoms with E-state index in [1.807, 2.05) is 31.2 Å². The monoisotopic (exact) mass is 392 g/mol. The van der Waals surface area contributed by atoms with Gasteiger partial charge in [0.15, 0.2) is 0 Å². The SMILES string of the molecule is CN1C(N)=NC(C)(c2sc(-c3cc4ccccc4[nH]3)cc2Cl)CS1=O. The number of thiophene rings is 1. The number of benzene rings is 1. The van der Waals surface area contributed by atoms with Crippen LogP contribution in [0.3, 0.4) is 0 Å². The van der Waals surface area contributed by atoms with Crippen molar-refractivity contribution in [2.24, 2.45) is 10.7 Å². The van der Waals surface area contributed by atoms with Gasteiger partial charge in [0.25, 0.3) is 0 Å². The van der Waals surface area contributed by atoms with Crippen molar-refractivity contribution in [2.45, 2.75) is 12.5 Å². The van der Waals surface area contributed by atoms with Crippen molar-refractivity contribution < 1.29 is 4.21 Å². The standard InChI is InChI=1S/C17H17ClN4OS2/c1-17(9-25(23)22(2)16(19)21-17)15-11(18)8-14(24-15)13-7-10-5-3-4-6-12(10)20-13/h3-8,20H,9H2,1-2H3,(H2,19,21). The van der Waals surface area contributed by atoms with Crippen molar-refractivity contribution in [1.82, 2.24) is 9.29 Å². The summed E-state index contributed by atoms with van der Waals surface area (Å²) in [6.07, 6.45) is 0. The second-order valence-corrected chi connectivity index (χ2v) is 9.20. The van der Waals surface area contributed by atoms with Gasteiger partial charge in [0, 0.05) is 18.0 Å². The molecule has 0 saturated heterocycles. The van der Waals surface area contributed by atoms with Crippen molar-refractivity contribution in [3.05, 3.63) is 46.3 Å². The summed E-state index contributed by atoms with van der Waals surface area (Å²) in [6, 6.07) is 12.2. The summed E-state index contributed by atoms with van der Waals surface area (Å²) in [5.74, 6) is 0.625. The Morgan fingerprint density at radius 2 is 2.16 bits per heavy atom. The minimum Gasteiger partial charge on any atom is -0.369 e. The van der Waals surface area contributed by atoms with E-state index < -0.39 is 16.5 Å². The van der Waals surface area contributed by atoms with E-state index in [0.29, 0.717) is 10.8 Å². The third kappa shape index (κ3) is 2.76. The lowest BCUT2D eigenvalue weighted by atomic mass is 10.0. The van der Waals surface area contributed by atoms with E-state index in [-0.39, 0.29) is 5.96 Å². The second-order valence-electron chi connectivity index (χ2n) is 6.27. The molecular weight excluding hydrogens is 376 g/mol. The van der Waals surface area contributed by atoms with Gasteiger partial charge < -0.3 is 10.7 Å². The molecule has 2 aromatic heterocycles. The zero-order valence-corrected chi connectivity index (χ0v) is 16.1. The number of aromatic nitrogens is 1. The maximum absolute atomic E-state index is 12.3. The largest absolute Gasteiger partial charge is 0.369 e.